The summed E-state index contributed by atoms with van der Waals surface area (Å²) in [4.78, 5) is 29.8. The Labute approximate surface area is 253 Å². The van der Waals surface area contributed by atoms with Crippen molar-refractivity contribution in [2.75, 3.05) is 0 Å². The van der Waals surface area contributed by atoms with Gasteiger partial charge in [0.1, 0.15) is 6.04 Å². The predicted octanol–water partition coefficient (Wildman–Crippen LogP) is 6.49. The lowest BCUT2D eigenvalue weighted by molar-refractivity contribution is -0.119. The van der Waals surface area contributed by atoms with E-state index >= 15 is 0 Å². The second-order valence-corrected chi connectivity index (χ2v) is 10.9. The van der Waals surface area contributed by atoms with Gasteiger partial charge >= 0.3 is 0 Å². The number of nitrogens with two attached hydrogens (primary N) is 1. The highest BCUT2D eigenvalue weighted by molar-refractivity contribution is 7.17. The van der Waals surface area contributed by atoms with E-state index in [4.69, 9.17) is 28.9 Å². The van der Waals surface area contributed by atoms with E-state index in [1.807, 2.05) is 0 Å². The van der Waals surface area contributed by atoms with E-state index in [0.29, 0.717) is 32.5 Å². The fourth-order valence-corrected chi connectivity index (χ4v) is 5.31. The van der Waals surface area contributed by atoms with Crippen LogP contribution in [0.4, 0.5) is 22.0 Å². The fraction of sp³-hybridized carbons (Fsp3) is 0.0714. The van der Waals surface area contributed by atoms with Gasteiger partial charge in [-0.3, -0.25) is 14.6 Å². The van der Waals surface area contributed by atoms with E-state index in [-0.39, 0.29) is 9.90 Å². The van der Waals surface area contributed by atoms with Crippen molar-refractivity contribution in [3.8, 4) is 27.5 Å². The molecule has 5 rings (SSSR count). The van der Waals surface area contributed by atoms with Crippen LogP contribution in [-0.4, -0.2) is 32.6 Å². The number of amides is 2. The Morgan fingerprint density at radius 3 is 2.26 bits per heavy atom. The van der Waals surface area contributed by atoms with Gasteiger partial charge < -0.3 is 11.1 Å². The van der Waals surface area contributed by atoms with Gasteiger partial charge in [0.2, 0.25) is 11.7 Å². The lowest BCUT2D eigenvalue weighted by Gasteiger charge is -2.16. The van der Waals surface area contributed by atoms with Crippen molar-refractivity contribution >= 4 is 46.4 Å². The highest BCUT2D eigenvalue weighted by atomic mass is 35.5. The Morgan fingerprint density at radius 2 is 1.63 bits per heavy atom. The van der Waals surface area contributed by atoms with E-state index in [0.717, 1.165) is 11.3 Å². The van der Waals surface area contributed by atoms with Crippen molar-refractivity contribution in [3.63, 3.8) is 0 Å². The molecule has 2 aromatic carbocycles. The van der Waals surface area contributed by atoms with E-state index in [1.165, 1.54) is 6.07 Å². The van der Waals surface area contributed by atoms with Gasteiger partial charge in [0, 0.05) is 29.9 Å². The monoisotopic (exact) mass is 651 g/mol. The number of halogens is 7. The van der Waals surface area contributed by atoms with Crippen molar-refractivity contribution in [2.24, 2.45) is 5.73 Å². The fourth-order valence-electron chi connectivity index (χ4n) is 4.11. The maximum Gasteiger partial charge on any atom is 0.262 e. The summed E-state index contributed by atoms with van der Waals surface area (Å²) < 4.78 is 70.8. The topological polar surface area (TPSA) is 103 Å². The van der Waals surface area contributed by atoms with Crippen molar-refractivity contribution in [1.29, 1.82) is 0 Å². The van der Waals surface area contributed by atoms with Crippen molar-refractivity contribution in [2.45, 2.75) is 12.5 Å². The Hall–Kier alpha value is -4.33. The Morgan fingerprint density at radius 1 is 0.930 bits per heavy atom. The van der Waals surface area contributed by atoms with Gasteiger partial charge in [-0.1, -0.05) is 23.2 Å². The molecule has 0 bridgehead atoms. The quantitative estimate of drug-likeness (QED) is 0.114. The zero-order chi connectivity index (χ0) is 31.0. The summed E-state index contributed by atoms with van der Waals surface area (Å²) in [5, 5.41) is 7.48. The van der Waals surface area contributed by atoms with Crippen LogP contribution in [0.25, 0.3) is 27.5 Å². The molecular formula is C28H16Cl2F5N5O2S. The maximum atomic E-state index is 14.2. The standard InChI is InChI=1S/C28H16Cl2F5N5O2S/c29-15-4-3-13(8-16(15)30)40-19(10-17(39-40)12-2-1-7-37-11-12)20-5-6-21(43-20)28(42)38-18(27(36)41)9-14-22(31)24(33)26(35)25(34)23(14)32/h1-8,10-11,18H,9H2,(H2,36,41)(H,38,42)/t18-/m0/s1. The zero-order valence-corrected chi connectivity index (χ0v) is 23.7. The number of nitrogens with one attached hydrogen (secondary N) is 1. The van der Waals surface area contributed by atoms with E-state index in [9.17, 15) is 31.5 Å². The molecule has 1 atom stereocenters. The van der Waals surface area contributed by atoms with Gasteiger partial charge in [0.05, 0.1) is 36.9 Å². The van der Waals surface area contributed by atoms with Gasteiger partial charge in [-0.25, -0.2) is 26.6 Å². The van der Waals surface area contributed by atoms with E-state index < -0.39 is 58.9 Å². The summed E-state index contributed by atoms with van der Waals surface area (Å²) in [6.07, 6.45) is 2.15. The third kappa shape index (κ3) is 5.96. The second kappa shape index (κ2) is 12.1. The van der Waals surface area contributed by atoms with E-state index in [2.05, 4.69) is 15.4 Å². The number of carbonyl (C=O) groups is 2. The number of thiophene rings is 1. The molecule has 0 radical (unpaired) electrons. The Bertz CT molecular complexity index is 1850. The summed E-state index contributed by atoms with van der Waals surface area (Å²) in [5.41, 5.74) is 6.33. The normalized spacial score (nSPS) is 11.9. The van der Waals surface area contributed by atoms with Gasteiger partial charge in [0.25, 0.3) is 5.91 Å². The molecule has 220 valence electrons. The molecule has 3 aromatic heterocycles. The van der Waals surface area contributed by atoms with Crippen molar-refractivity contribution < 1.29 is 31.5 Å². The number of benzene rings is 2. The number of hydrogen-bond acceptors (Lipinski definition) is 5. The van der Waals surface area contributed by atoms with Crippen molar-refractivity contribution in [1.82, 2.24) is 20.1 Å². The number of nitrogens with zero attached hydrogens (tertiary/aromatic N) is 3. The molecule has 7 nitrogen and oxygen atoms in total. The summed E-state index contributed by atoms with van der Waals surface area (Å²) in [7, 11) is 0. The minimum absolute atomic E-state index is 0.0449. The average Bonchev–Trinajstić information content (AvgIpc) is 3.66. The predicted molar refractivity (Wildman–Crippen MR) is 151 cm³/mol. The van der Waals surface area contributed by atoms with Crippen LogP contribution in [0.1, 0.15) is 15.2 Å². The highest BCUT2D eigenvalue weighted by Crippen LogP contribution is 2.35. The van der Waals surface area contributed by atoms with Gasteiger partial charge in [-0.15, -0.1) is 11.3 Å². The minimum Gasteiger partial charge on any atom is -0.368 e. The third-order valence-electron chi connectivity index (χ3n) is 6.25. The summed E-state index contributed by atoms with van der Waals surface area (Å²) in [5.74, 6) is -13.1. The lowest BCUT2D eigenvalue weighted by Crippen LogP contribution is -2.46. The zero-order valence-electron chi connectivity index (χ0n) is 21.3. The molecule has 0 fully saturated rings. The first-order valence-corrected chi connectivity index (χ1v) is 13.7. The van der Waals surface area contributed by atoms with Crippen LogP contribution >= 0.6 is 34.5 Å². The minimum atomic E-state index is -2.35. The van der Waals surface area contributed by atoms with Crippen LogP contribution in [-0.2, 0) is 11.2 Å². The first-order valence-electron chi connectivity index (χ1n) is 12.1. The van der Waals surface area contributed by atoms with Crippen molar-refractivity contribution in [3.05, 3.63) is 110 Å². The molecular weight excluding hydrogens is 636 g/mol. The third-order valence-corrected chi connectivity index (χ3v) is 8.10. The number of primary amides is 1. The molecule has 0 aliphatic heterocycles. The molecule has 3 N–H and O–H groups in total. The Balaban J connectivity index is 1.47. The van der Waals surface area contributed by atoms with E-state index in [1.54, 1.807) is 59.5 Å². The van der Waals surface area contributed by atoms with Crippen LogP contribution in [0, 0.1) is 29.1 Å². The smallest absolute Gasteiger partial charge is 0.262 e. The molecule has 0 unspecified atom stereocenters. The van der Waals surface area contributed by atoms with Crippen LogP contribution in [0.5, 0.6) is 0 Å². The second-order valence-electron chi connectivity index (χ2n) is 9.01. The lowest BCUT2D eigenvalue weighted by atomic mass is 10.0. The molecule has 2 amide bonds. The first kappa shape index (κ1) is 30.1. The molecule has 0 spiro atoms. The summed E-state index contributed by atoms with van der Waals surface area (Å²) in [6.45, 7) is 0. The first-order chi connectivity index (χ1) is 20.5. The SMILES string of the molecule is NC(=O)[C@H](Cc1c(F)c(F)c(F)c(F)c1F)NC(=O)c1ccc(-c2cc(-c3cccnc3)nn2-c2ccc(Cl)c(Cl)c2)s1. The molecule has 15 heteroatoms. The molecule has 3 heterocycles. The number of aromatic nitrogens is 3. The number of rotatable bonds is 8. The molecule has 0 aliphatic carbocycles. The Kier molecular flexibility index (Phi) is 8.49. The molecule has 0 saturated carbocycles. The summed E-state index contributed by atoms with van der Waals surface area (Å²) in [6, 6.07) is 11.4. The largest absolute Gasteiger partial charge is 0.368 e. The molecule has 43 heavy (non-hydrogen) atoms. The van der Waals surface area contributed by atoms with Crippen LogP contribution in [0.2, 0.25) is 10.0 Å². The van der Waals surface area contributed by atoms with Gasteiger partial charge in [0.15, 0.2) is 23.3 Å². The molecule has 0 saturated heterocycles. The highest BCUT2D eigenvalue weighted by Gasteiger charge is 2.30. The van der Waals surface area contributed by atoms with Crippen LogP contribution in [0.15, 0.2) is 60.9 Å². The molecule has 0 aliphatic rings. The maximum absolute atomic E-state index is 14.2. The van der Waals surface area contributed by atoms with Gasteiger partial charge in [-0.2, -0.15) is 5.10 Å². The molecule has 5 aromatic rings. The number of pyridine rings is 1. The average molecular weight is 652 g/mol. The number of hydrogen-bond donors (Lipinski definition) is 2. The van der Waals surface area contributed by atoms with Crippen LogP contribution < -0.4 is 11.1 Å². The number of carbonyl (C=O) groups excluding carboxylic acids is 2. The van der Waals surface area contributed by atoms with Gasteiger partial charge in [-0.05, 0) is 48.5 Å². The van der Waals surface area contributed by atoms with Crippen LogP contribution in [0.3, 0.4) is 0 Å². The summed E-state index contributed by atoms with van der Waals surface area (Å²) >= 11 is 13.3.